The molecule has 0 saturated heterocycles. The zero-order valence-electron chi connectivity index (χ0n) is 6.88. The van der Waals surface area contributed by atoms with Gasteiger partial charge >= 0.3 is 0 Å². The number of rotatable bonds is 4. The largest absolute Gasteiger partial charge is 0.322 e. The Morgan fingerprint density at radius 2 is 2.09 bits per heavy atom. The number of aromatic nitrogens is 1. The predicted octanol–water partition coefficient (Wildman–Crippen LogP) is 2.00. The third-order valence-electron chi connectivity index (χ3n) is 1.62. The van der Waals surface area contributed by atoms with Crippen LogP contribution in [0.15, 0.2) is 36.7 Å². The Kier molecular flexibility index (Phi) is 2.78. The lowest BCUT2D eigenvalue weighted by atomic mass is 10.2. The van der Waals surface area contributed by atoms with Gasteiger partial charge in [0.2, 0.25) is 0 Å². The highest BCUT2D eigenvalue weighted by Crippen LogP contribution is 1.94. The molecule has 11 heavy (non-hydrogen) atoms. The van der Waals surface area contributed by atoms with Crippen LogP contribution < -0.4 is 5.43 Å². The van der Waals surface area contributed by atoms with E-state index < -0.39 is 0 Å². The third-order valence-corrected chi connectivity index (χ3v) is 1.62. The minimum absolute atomic E-state index is 0.852. The summed E-state index contributed by atoms with van der Waals surface area (Å²) in [6.07, 6.45) is 4.99. The lowest BCUT2D eigenvalue weighted by Gasteiger charge is -2.07. The molecule has 0 fully saturated rings. The van der Waals surface area contributed by atoms with E-state index in [2.05, 4.69) is 18.9 Å². The molecular weight excluding hydrogens is 136 g/mol. The fourth-order valence-corrected chi connectivity index (χ4v) is 0.768. The van der Waals surface area contributed by atoms with Crippen LogP contribution in [0.2, 0.25) is 0 Å². The zero-order chi connectivity index (χ0) is 8.10. The molecule has 0 aliphatic rings. The molecular formula is C9H14N2. The van der Waals surface area contributed by atoms with Crippen molar-refractivity contribution in [2.75, 3.05) is 12.0 Å². The van der Waals surface area contributed by atoms with Crippen molar-refractivity contribution in [3.05, 3.63) is 36.7 Å². The molecule has 1 heterocycles. The summed E-state index contributed by atoms with van der Waals surface area (Å²) in [4.78, 5) is 0. The van der Waals surface area contributed by atoms with Gasteiger partial charge in [-0.05, 0) is 18.6 Å². The Hall–Kier alpha value is -1.18. The molecule has 0 atom stereocenters. The van der Waals surface area contributed by atoms with Crippen molar-refractivity contribution in [3.8, 4) is 0 Å². The number of hydrogen-bond donors (Lipinski definition) is 1. The second kappa shape index (κ2) is 3.86. The summed E-state index contributed by atoms with van der Waals surface area (Å²) in [6, 6.07) is 3.98. The van der Waals surface area contributed by atoms with E-state index in [1.54, 1.807) is 0 Å². The topological polar surface area (TPSA) is 17.0 Å². The fraction of sp³-hybridized carbons (Fsp3) is 0.333. The van der Waals surface area contributed by atoms with Gasteiger partial charge in [-0.15, -0.1) is 0 Å². The van der Waals surface area contributed by atoms with Gasteiger partial charge in [-0.3, -0.25) is 4.68 Å². The van der Waals surface area contributed by atoms with Crippen molar-refractivity contribution < 1.29 is 0 Å². The van der Waals surface area contributed by atoms with Crippen LogP contribution in [-0.4, -0.2) is 11.2 Å². The SMILES string of the molecule is C=C(CC)CNn1cccc1. The summed E-state index contributed by atoms with van der Waals surface area (Å²) >= 11 is 0. The van der Waals surface area contributed by atoms with Gasteiger partial charge in [-0.1, -0.05) is 19.1 Å². The Morgan fingerprint density at radius 1 is 1.45 bits per heavy atom. The first-order valence-corrected chi connectivity index (χ1v) is 3.86. The van der Waals surface area contributed by atoms with E-state index in [0.29, 0.717) is 0 Å². The molecule has 2 nitrogen and oxygen atoms in total. The molecule has 0 saturated carbocycles. The van der Waals surface area contributed by atoms with Crippen LogP contribution >= 0.6 is 0 Å². The average molecular weight is 150 g/mol. The Morgan fingerprint density at radius 3 is 2.64 bits per heavy atom. The van der Waals surface area contributed by atoms with Gasteiger partial charge in [-0.25, -0.2) is 0 Å². The van der Waals surface area contributed by atoms with Gasteiger partial charge in [0.05, 0.1) is 6.54 Å². The zero-order valence-corrected chi connectivity index (χ0v) is 6.88. The first-order chi connectivity index (χ1) is 5.33. The molecule has 0 aliphatic carbocycles. The minimum Gasteiger partial charge on any atom is -0.322 e. The van der Waals surface area contributed by atoms with Crippen LogP contribution in [0.4, 0.5) is 0 Å². The van der Waals surface area contributed by atoms with Gasteiger partial charge in [0.25, 0.3) is 0 Å². The molecule has 60 valence electrons. The highest BCUT2D eigenvalue weighted by Gasteiger charge is 1.88. The van der Waals surface area contributed by atoms with Crippen LogP contribution in [0.3, 0.4) is 0 Å². The quantitative estimate of drug-likeness (QED) is 0.649. The number of nitrogens with zero attached hydrogens (tertiary/aromatic N) is 1. The van der Waals surface area contributed by atoms with Gasteiger partial charge in [0.1, 0.15) is 0 Å². The summed E-state index contributed by atoms with van der Waals surface area (Å²) in [5.74, 6) is 0. The van der Waals surface area contributed by atoms with Crippen LogP contribution in [0, 0.1) is 0 Å². The minimum atomic E-state index is 0.852. The molecule has 1 aromatic heterocycles. The number of hydrogen-bond acceptors (Lipinski definition) is 1. The summed E-state index contributed by atoms with van der Waals surface area (Å²) in [6.45, 7) is 6.86. The molecule has 0 aromatic carbocycles. The van der Waals surface area contributed by atoms with Gasteiger partial charge < -0.3 is 5.43 Å². The van der Waals surface area contributed by atoms with E-state index >= 15 is 0 Å². The van der Waals surface area contributed by atoms with Crippen LogP contribution in [0.1, 0.15) is 13.3 Å². The average Bonchev–Trinajstić information content (AvgIpc) is 2.52. The third kappa shape index (κ3) is 2.50. The smallest absolute Gasteiger partial charge is 0.0521 e. The molecule has 0 spiro atoms. The fourth-order valence-electron chi connectivity index (χ4n) is 0.768. The van der Waals surface area contributed by atoms with E-state index in [4.69, 9.17) is 0 Å². The Bertz CT molecular complexity index is 211. The highest BCUT2D eigenvalue weighted by molar-refractivity contribution is 5.02. The van der Waals surface area contributed by atoms with Gasteiger partial charge in [0, 0.05) is 12.4 Å². The van der Waals surface area contributed by atoms with Crippen molar-refractivity contribution >= 4 is 0 Å². The van der Waals surface area contributed by atoms with Crippen LogP contribution in [-0.2, 0) is 0 Å². The Balaban J connectivity index is 2.29. The predicted molar refractivity (Wildman–Crippen MR) is 48.1 cm³/mol. The molecule has 0 amide bonds. The summed E-state index contributed by atoms with van der Waals surface area (Å²) in [5, 5.41) is 0. The lowest BCUT2D eigenvalue weighted by molar-refractivity contribution is 0.862. The molecule has 1 N–H and O–H groups in total. The van der Waals surface area contributed by atoms with Gasteiger partial charge in [0.15, 0.2) is 0 Å². The second-order valence-corrected chi connectivity index (χ2v) is 2.53. The summed E-state index contributed by atoms with van der Waals surface area (Å²) in [7, 11) is 0. The Labute approximate surface area is 67.5 Å². The van der Waals surface area contributed by atoms with Crippen molar-refractivity contribution in [3.63, 3.8) is 0 Å². The molecule has 1 aromatic rings. The molecule has 0 bridgehead atoms. The lowest BCUT2D eigenvalue weighted by Crippen LogP contribution is -2.14. The molecule has 1 rings (SSSR count). The van der Waals surface area contributed by atoms with E-state index in [-0.39, 0.29) is 0 Å². The van der Waals surface area contributed by atoms with Crippen molar-refractivity contribution in [1.29, 1.82) is 0 Å². The van der Waals surface area contributed by atoms with Crippen LogP contribution in [0.25, 0.3) is 0 Å². The maximum absolute atomic E-state index is 3.90. The maximum atomic E-state index is 3.90. The molecule has 0 aliphatic heterocycles. The normalized spacial score (nSPS) is 9.55. The standard InChI is InChI=1S/C9H14N2/c1-3-9(2)8-10-11-6-4-5-7-11/h4-7,10H,2-3,8H2,1H3. The van der Waals surface area contributed by atoms with Crippen molar-refractivity contribution in [1.82, 2.24) is 4.68 Å². The van der Waals surface area contributed by atoms with Crippen LogP contribution in [0.5, 0.6) is 0 Å². The summed E-state index contributed by atoms with van der Waals surface area (Å²) in [5.41, 5.74) is 4.41. The van der Waals surface area contributed by atoms with Gasteiger partial charge in [-0.2, -0.15) is 0 Å². The van der Waals surface area contributed by atoms with E-state index in [1.807, 2.05) is 29.2 Å². The maximum Gasteiger partial charge on any atom is 0.0521 e. The second-order valence-electron chi connectivity index (χ2n) is 2.53. The highest BCUT2D eigenvalue weighted by atomic mass is 15.4. The first kappa shape index (κ1) is 7.92. The van der Waals surface area contributed by atoms with Crippen molar-refractivity contribution in [2.24, 2.45) is 0 Å². The summed E-state index contributed by atoms with van der Waals surface area (Å²) < 4.78 is 1.93. The molecule has 0 radical (unpaired) electrons. The van der Waals surface area contributed by atoms with E-state index in [1.165, 1.54) is 5.57 Å². The molecule has 0 unspecified atom stereocenters. The van der Waals surface area contributed by atoms with Crippen molar-refractivity contribution in [2.45, 2.75) is 13.3 Å². The van der Waals surface area contributed by atoms with E-state index in [0.717, 1.165) is 13.0 Å². The molecule has 2 heteroatoms. The first-order valence-electron chi connectivity index (χ1n) is 3.86. The van der Waals surface area contributed by atoms with E-state index in [9.17, 15) is 0 Å². The number of nitrogens with one attached hydrogen (secondary N) is 1. The monoisotopic (exact) mass is 150 g/mol.